The summed E-state index contributed by atoms with van der Waals surface area (Å²) < 4.78 is 1.73. The summed E-state index contributed by atoms with van der Waals surface area (Å²) in [4.78, 5) is 38.4. The van der Waals surface area contributed by atoms with Crippen molar-refractivity contribution in [3.05, 3.63) is 70.3 Å². The third kappa shape index (κ3) is 3.92. The van der Waals surface area contributed by atoms with Gasteiger partial charge in [-0.1, -0.05) is 6.07 Å². The molecule has 2 amide bonds. The predicted octanol–water partition coefficient (Wildman–Crippen LogP) is 2.71. The maximum atomic E-state index is 13.0. The molecule has 162 valence electrons. The van der Waals surface area contributed by atoms with Crippen LogP contribution in [-0.2, 0) is 0 Å². The van der Waals surface area contributed by atoms with E-state index in [4.69, 9.17) is 0 Å². The van der Waals surface area contributed by atoms with Gasteiger partial charge < -0.3 is 15.1 Å². The van der Waals surface area contributed by atoms with E-state index in [2.05, 4.69) is 25.3 Å². The normalized spacial score (nSPS) is 14.0. The molecule has 9 nitrogen and oxygen atoms in total. The van der Waals surface area contributed by atoms with Crippen molar-refractivity contribution in [2.24, 2.45) is 0 Å². The molecule has 0 atom stereocenters. The van der Waals surface area contributed by atoms with E-state index in [0.29, 0.717) is 48.1 Å². The highest BCUT2D eigenvalue weighted by Gasteiger charge is 2.24. The number of aromatic nitrogens is 4. The zero-order valence-corrected chi connectivity index (χ0v) is 18.2. The summed E-state index contributed by atoms with van der Waals surface area (Å²) in [5, 5.41) is 8.99. The van der Waals surface area contributed by atoms with Gasteiger partial charge in [0.1, 0.15) is 12.1 Å². The maximum absolute atomic E-state index is 13.0. The molecule has 1 aromatic carbocycles. The highest BCUT2D eigenvalue weighted by molar-refractivity contribution is 7.12. The fourth-order valence-electron chi connectivity index (χ4n) is 3.75. The Labute approximate surface area is 188 Å². The first-order valence-electron chi connectivity index (χ1n) is 10.2. The van der Waals surface area contributed by atoms with Gasteiger partial charge in [0.05, 0.1) is 4.88 Å². The Hall–Kier alpha value is -3.79. The van der Waals surface area contributed by atoms with Gasteiger partial charge in [-0.2, -0.15) is 14.6 Å². The zero-order valence-electron chi connectivity index (χ0n) is 17.4. The van der Waals surface area contributed by atoms with Gasteiger partial charge in [-0.25, -0.2) is 4.98 Å². The number of aryl methyl sites for hydroxylation is 1. The van der Waals surface area contributed by atoms with E-state index < -0.39 is 0 Å². The molecule has 32 heavy (non-hydrogen) atoms. The van der Waals surface area contributed by atoms with Gasteiger partial charge in [-0.05, 0) is 42.6 Å². The van der Waals surface area contributed by atoms with E-state index in [9.17, 15) is 9.59 Å². The largest absolute Gasteiger partial charge is 0.353 e. The molecule has 0 unspecified atom stereocenters. The number of benzene rings is 1. The van der Waals surface area contributed by atoms with Crippen LogP contribution in [0.1, 0.15) is 25.7 Å². The molecule has 3 aromatic heterocycles. The molecule has 0 spiro atoms. The van der Waals surface area contributed by atoms with E-state index in [1.807, 2.05) is 29.3 Å². The predicted molar refractivity (Wildman–Crippen MR) is 122 cm³/mol. The Morgan fingerprint density at radius 3 is 2.56 bits per heavy atom. The van der Waals surface area contributed by atoms with E-state index in [-0.39, 0.29) is 11.8 Å². The molecule has 4 aromatic rings. The Balaban J connectivity index is 1.22. The molecule has 1 aliphatic heterocycles. The van der Waals surface area contributed by atoms with Crippen LogP contribution in [0.5, 0.6) is 0 Å². The number of piperazine rings is 1. The Morgan fingerprint density at radius 2 is 1.84 bits per heavy atom. The topological polar surface area (TPSA) is 95.7 Å². The number of rotatable bonds is 4. The molecule has 1 saturated heterocycles. The maximum Gasteiger partial charge on any atom is 0.265 e. The van der Waals surface area contributed by atoms with Crippen molar-refractivity contribution < 1.29 is 9.59 Å². The van der Waals surface area contributed by atoms with Crippen LogP contribution < -0.4 is 10.2 Å². The average molecular weight is 448 g/mol. The van der Waals surface area contributed by atoms with E-state index >= 15 is 0 Å². The second-order valence-electron chi connectivity index (χ2n) is 7.52. The number of anilines is 2. The molecule has 0 radical (unpaired) electrons. The van der Waals surface area contributed by atoms with Gasteiger partial charge >= 0.3 is 0 Å². The number of nitrogens with one attached hydrogen (secondary N) is 1. The summed E-state index contributed by atoms with van der Waals surface area (Å²) >= 11 is 1.39. The van der Waals surface area contributed by atoms with Crippen molar-refractivity contribution in [2.45, 2.75) is 6.92 Å². The summed E-state index contributed by atoms with van der Waals surface area (Å²) in [5.74, 6) is 1.34. The average Bonchev–Trinajstić information content (AvgIpc) is 3.51. The molecule has 0 aliphatic carbocycles. The SMILES string of the molecule is Cc1cc(N2CCN(C(=O)c3ccc(NC(=O)c4cccs4)cc3)CC2)n2ncnc2n1. The summed E-state index contributed by atoms with van der Waals surface area (Å²) in [6, 6.07) is 12.6. The van der Waals surface area contributed by atoms with Crippen LogP contribution in [0.2, 0.25) is 0 Å². The van der Waals surface area contributed by atoms with Crippen LogP contribution >= 0.6 is 11.3 Å². The molecule has 0 saturated carbocycles. The number of carbonyl (C=O) groups excluding carboxylic acids is 2. The molecular formula is C22H21N7O2S. The second kappa shape index (κ2) is 8.39. The van der Waals surface area contributed by atoms with Crippen molar-refractivity contribution in [1.82, 2.24) is 24.5 Å². The van der Waals surface area contributed by atoms with Crippen LogP contribution in [0.15, 0.2) is 54.2 Å². The van der Waals surface area contributed by atoms with Crippen molar-refractivity contribution >= 4 is 40.4 Å². The third-order valence-corrected chi connectivity index (χ3v) is 6.26. The van der Waals surface area contributed by atoms with Crippen molar-refractivity contribution in [2.75, 3.05) is 36.4 Å². The molecule has 4 heterocycles. The van der Waals surface area contributed by atoms with E-state index in [0.717, 1.165) is 11.5 Å². The van der Waals surface area contributed by atoms with Gasteiger partial charge in [-0.3, -0.25) is 9.59 Å². The first kappa shape index (κ1) is 20.1. The lowest BCUT2D eigenvalue weighted by molar-refractivity contribution is 0.0746. The second-order valence-corrected chi connectivity index (χ2v) is 8.46. The number of fused-ring (bicyclic) bond motifs is 1. The molecule has 1 aliphatic rings. The third-order valence-electron chi connectivity index (χ3n) is 5.39. The molecule has 5 rings (SSSR count). The van der Waals surface area contributed by atoms with Gasteiger partial charge in [0.2, 0.25) is 0 Å². The standard InChI is InChI=1S/C22H21N7O2S/c1-15-13-19(29-22(25-15)23-14-24-29)27-8-10-28(11-9-27)21(31)16-4-6-17(7-5-16)26-20(30)18-3-2-12-32-18/h2-7,12-14H,8-11H2,1H3,(H,26,30). The van der Waals surface area contributed by atoms with Crippen LogP contribution in [0.3, 0.4) is 0 Å². The summed E-state index contributed by atoms with van der Waals surface area (Å²) in [5.41, 5.74) is 2.14. The van der Waals surface area contributed by atoms with Crippen LogP contribution in [0.25, 0.3) is 5.78 Å². The summed E-state index contributed by atoms with van der Waals surface area (Å²) in [7, 11) is 0. The number of nitrogens with zero attached hydrogens (tertiary/aromatic N) is 6. The summed E-state index contributed by atoms with van der Waals surface area (Å²) in [6.07, 6.45) is 1.50. The monoisotopic (exact) mass is 447 g/mol. The van der Waals surface area contributed by atoms with Crippen LogP contribution in [0.4, 0.5) is 11.5 Å². The van der Waals surface area contributed by atoms with Crippen molar-refractivity contribution in [3.63, 3.8) is 0 Å². The Bertz CT molecular complexity index is 1260. The van der Waals surface area contributed by atoms with Crippen molar-refractivity contribution in [3.8, 4) is 0 Å². The quantitative estimate of drug-likeness (QED) is 0.517. The Morgan fingerprint density at radius 1 is 1.06 bits per heavy atom. The van der Waals surface area contributed by atoms with Crippen LogP contribution in [-0.4, -0.2) is 62.5 Å². The Kier molecular flexibility index (Phi) is 5.28. The first-order chi connectivity index (χ1) is 15.6. The first-order valence-corrected chi connectivity index (χ1v) is 11.1. The molecule has 1 N–H and O–H groups in total. The lowest BCUT2D eigenvalue weighted by Crippen LogP contribution is -2.49. The zero-order chi connectivity index (χ0) is 22.1. The fourth-order valence-corrected chi connectivity index (χ4v) is 4.37. The number of hydrogen-bond acceptors (Lipinski definition) is 7. The highest BCUT2D eigenvalue weighted by atomic mass is 32.1. The lowest BCUT2D eigenvalue weighted by Gasteiger charge is -2.36. The highest BCUT2D eigenvalue weighted by Crippen LogP contribution is 2.20. The molecule has 0 bridgehead atoms. The van der Waals surface area contributed by atoms with Gasteiger partial charge in [0.25, 0.3) is 17.6 Å². The molecule has 10 heteroatoms. The smallest absolute Gasteiger partial charge is 0.265 e. The number of carbonyl (C=O) groups is 2. The minimum absolute atomic E-state index is 0.0161. The van der Waals surface area contributed by atoms with Crippen molar-refractivity contribution in [1.29, 1.82) is 0 Å². The van der Waals surface area contributed by atoms with Gasteiger partial charge in [0.15, 0.2) is 0 Å². The summed E-state index contributed by atoms with van der Waals surface area (Å²) in [6.45, 7) is 4.53. The number of thiophene rings is 1. The fraction of sp³-hybridized carbons (Fsp3) is 0.227. The molecular weight excluding hydrogens is 426 g/mol. The minimum Gasteiger partial charge on any atom is -0.353 e. The lowest BCUT2D eigenvalue weighted by atomic mass is 10.1. The number of hydrogen-bond donors (Lipinski definition) is 1. The van der Waals surface area contributed by atoms with Gasteiger partial charge in [-0.15, -0.1) is 11.3 Å². The van der Waals surface area contributed by atoms with E-state index in [1.54, 1.807) is 34.8 Å². The minimum atomic E-state index is -0.150. The molecule has 1 fully saturated rings. The van der Waals surface area contributed by atoms with Crippen LogP contribution in [0, 0.1) is 6.92 Å². The van der Waals surface area contributed by atoms with Gasteiger partial charge in [0, 0.05) is 49.2 Å². The number of amides is 2. The van der Waals surface area contributed by atoms with E-state index in [1.165, 1.54) is 17.7 Å².